The molecule has 1 aromatic rings. The van der Waals surface area contributed by atoms with E-state index in [2.05, 4.69) is 46.0 Å². The molecule has 0 saturated heterocycles. The molecule has 1 aliphatic rings. The number of thioether (sulfide) groups is 1. The zero-order chi connectivity index (χ0) is 14.2. The van der Waals surface area contributed by atoms with Crippen molar-refractivity contribution in [3.05, 3.63) is 30.1 Å². The summed E-state index contributed by atoms with van der Waals surface area (Å²) in [5.41, 5.74) is 1.12. The van der Waals surface area contributed by atoms with E-state index in [1.807, 2.05) is 24.0 Å². The quantitative estimate of drug-likeness (QED) is 0.805. The van der Waals surface area contributed by atoms with Crippen LogP contribution >= 0.6 is 11.8 Å². The molecular weight excluding hydrogens is 268 g/mol. The number of hydrogen-bond donors (Lipinski definition) is 0. The molecular formula is C15H24N4S. The maximum Gasteiger partial charge on any atom is 0.159 e. The van der Waals surface area contributed by atoms with E-state index in [1.165, 1.54) is 17.3 Å². The van der Waals surface area contributed by atoms with Crippen LogP contribution in [0.15, 0.2) is 29.4 Å². The molecule has 0 aromatic carbocycles. The van der Waals surface area contributed by atoms with Gasteiger partial charge in [0.05, 0.1) is 12.2 Å². The molecule has 2 rings (SSSR count). The fourth-order valence-electron chi connectivity index (χ4n) is 2.15. The molecule has 1 aliphatic heterocycles. The van der Waals surface area contributed by atoms with Crippen LogP contribution in [0.4, 0.5) is 0 Å². The highest BCUT2D eigenvalue weighted by Gasteiger charge is 2.15. The summed E-state index contributed by atoms with van der Waals surface area (Å²) in [7, 11) is 4.24. The molecule has 0 fully saturated rings. The Hall–Kier alpha value is -1.07. The van der Waals surface area contributed by atoms with E-state index in [9.17, 15) is 0 Å². The van der Waals surface area contributed by atoms with Crippen LogP contribution in [0.3, 0.4) is 0 Å². The third-order valence-electron chi connectivity index (χ3n) is 3.16. The molecule has 0 radical (unpaired) electrons. The van der Waals surface area contributed by atoms with Crippen LogP contribution in [-0.4, -0.2) is 59.4 Å². The molecule has 20 heavy (non-hydrogen) atoms. The van der Waals surface area contributed by atoms with Gasteiger partial charge in [0.2, 0.25) is 0 Å². The number of amidine groups is 1. The van der Waals surface area contributed by atoms with E-state index < -0.39 is 0 Å². The van der Waals surface area contributed by atoms with Crippen LogP contribution in [0.1, 0.15) is 18.5 Å². The average Bonchev–Trinajstić information content (AvgIpc) is 2.48. The van der Waals surface area contributed by atoms with E-state index in [-0.39, 0.29) is 0 Å². The Balaban J connectivity index is 1.97. The van der Waals surface area contributed by atoms with E-state index in [4.69, 9.17) is 0 Å². The number of hydrogen-bond acceptors (Lipinski definition) is 5. The summed E-state index contributed by atoms with van der Waals surface area (Å²) in [6.07, 6.45) is 4.21. The average molecular weight is 292 g/mol. The van der Waals surface area contributed by atoms with Crippen LogP contribution in [0.25, 0.3) is 0 Å². The highest BCUT2D eigenvalue weighted by atomic mass is 32.2. The van der Waals surface area contributed by atoms with Gasteiger partial charge in [0.15, 0.2) is 5.17 Å². The zero-order valence-electron chi connectivity index (χ0n) is 12.5. The number of pyridine rings is 1. The lowest BCUT2D eigenvalue weighted by Crippen LogP contribution is -2.33. The van der Waals surface area contributed by atoms with Crippen molar-refractivity contribution >= 4 is 16.9 Å². The predicted octanol–water partition coefficient (Wildman–Crippen LogP) is 2.33. The third-order valence-corrected chi connectivity index (χ3v) is 4.30. The van der Waals surface area contributed by atoms with Crippen molar-refractivity contribution in [1.82, 2.24) is 14.8 Å². The first-order chi connectivity index (χ1) is 9.75. The molecule has 1 aromatic heterocycles. The van der Waals surface area contributed by atoms with Crippen molar-refractivity contribution in [1.29, 1.82) is 0 Å². The minimum absolute atomic E-state index is 0.861. The molecule has 0 unspecified atom stereocenters. The van der Waals surface area contributed by atoms with Gasteiger partial charge in [0.25, 0.3) is 0 Å². The number of aromatic nitrogens is 1. The fraction of sp³-hybridized carbons (Fsp3) is 0.600. The first-order valence-electron chi connectivity index (χ1n) is 7.22. The smallest absolute Gasteiger partial charge is 0.159 e. The van der Waals surface area contributed by atoms with Gasteiger partial charge >= 0.3 is 0 Å². The minimum atomic E-state index is 0.861. The first-order valence-corrected chi connectivity index (χ1v) is 8.21. The van der Waals surface area contributed by atoms with Crippen molar-refractivity contribution in [3.63, 3.8) is 0 Å². The van der Waals surface area contributed by atoms with Gasteiger partial charge in [0, 0.05) is 25.0 Å². The Labute approximate surface area is 126 Å². The Morgan fingerprint density at radius 2 is 2.15 bits per heavy atom. The van der Waals surface area contributed by atoms with Gasteiger partial charge in [-0.2, -0.15) is 0 Å². The summed E-state index contributed by atoms with van der Waals surface area (Å²) >= 11 is 1.88. The van der Waals surface area contributed by atoms with Crippen molar-refractivity contribution in [2.75, 3.05) is 39.5 Å². The highest BCUT2D eigenvalue weighted by Crippen LogP contribution is 2.18. The summed E-state index contributed by atoms with van der Waals surface area (Å²) in [5, 5.41) is 1.20. The summed E-state index contributed by atoms with van der Waals surface area (Å²) in [4.78, 5) is 13.7. The second-order valence-electron chi connectivity index (χ2n) is 5.27. The molecule has 0 atom stereocenters. The van der Waals surface area contributed by atoms with Crippen LogP contribution in [0.5, 0.6) is 0 Å². The van der Waals surface area contributed by atoms with Crippen LogP contribution in [0.2, 0.25) is 0 Å². The monoisotopic (exact) mass is 292 g/mol. The van der Waals surface area contributed by atoms with E-state index in [0.717, 1.165) is 38.3 Å². The second-order valence-corrected chi connectivity index (χ2v) is 6.33. The van der Waals surface area contributed by atoms with Gasteiger partial charge in [-0.05, 0) is 45.6 Å². The van der Waals surface area contributed by atoms with Crippen molar-refractivity contribution in [2.24, 2.45) is 4.99 Å². The number of nitrogens with zero attached hydrogens (tertiary/aromatic N) is 4. The van der Waals surface area contributed by atoms with Crippen molar-refractivity contribution in [2.45, 2.75) is 19.4 Å². The molecule has 110 valence electrons. The lowest BCUT2D eigenvalue weighted by atomic mass is 10.3. The topological polar surface area (TPSA) is 31.7 Å². The maximum atomic E-state index is 4.69. The zero-order valence-corrected chi connectivity index (χ0v) is 13.3. The molecule has 0 spiro atoms. The van der Waals surface area contributed by atoms with Crippen LogP contribution in [0, 0.1) is 0 Å². The lowest BCUT2D eigenvalue weighted by molar-refractivity contribution is 0.344. The highest BCUT2D eigenvalue weighted by molar-refractivity contribution is 8.13. The maximum absolute atomic E-state index is 4.69. The predicted molar refractivity (Wildman–Crippen MR) is 87.2 cm³/mol. The van der Waals surface area contributed by atoms with Crippen LogP contribution in [-0.2, 0) is 6.54 Å². The third kappa shape index (κ3) is 5.13. The molecule has 0 amide bonds. The van der Waals surface area contributed by atoms with Gasteiger partial charge in [-0.15, -0.1) is 0 Å². The normalized spacial score (nSPS) is 15.2. The van der Waals surface area contributed by atoms with Gasteiger partial charge in [-0.25, -0.2) is 0 Å². The number of rotatable bonds is 6. The SMILES string of the molecule is CN(C)CCCN(Cc1ccccn1)C1=NCCCS1. The molecule has 0 aliphatic carbocycles. The lowest BCUT2D eigenvalue weighted by Gasteiger charge is -2.27. The van der Waals surface area contributed by atoms with Gasteiger partial charge in [0.1, 0.15) is 0 Å². The van der Waals surface area contributed by atoms with Crippen molar-refractivity contribution < 1.29 is 0 Å². The molecule has 5 heteroatoms. The Morgan fingerprint density at radius 3 is 2.80 bits per heavy atom. The van der Waals surface area contributed by atoms with Crippen LogP contribution < -0.4 is 0 Å². The Bertz CT molecular complexity index is 419. The molecule has 2 heterocycles. The Morgan fingerprint density at radius 1 is 1.25 bits per heavy atom. The van der Waals surface area contributed by atoms with Gasteiger partial charge < -0.3 is 9.80 Å². The summed E-state index contributed by atoms with van der Waals surface area (Å²) in [6.45, 7) is 3.98. The summed E-state index contributed by atoms with van der Waals surface area (Å²) < 4.78 is 0. The first kappa shape index (κ1) is 15.3. The fourth-order valence-corrected chi connectivity index (χ4v) is 3.12. The largest absolute Gasteiger partial charge is 0.346 e. The van der Waals surface area contributed by atoms with E-state index in [0.29, 0.717) is 0 Å². The van der Waals surface area contributed by atoms with E-state index >= 15 is 0 Å². The standard InChI is InChI=1S/C15H24N4S/c1-18(2)10-6-11-19(15-17-9-5-12-20-15)13-14-7-3-4-8-16-14/h3-4,7-8H,5-6,9-13H2,1-2H3. The van der Waals surface area contributed by atoms with E-state index in [1.54, 1.807) is 0 Å². The second kappa shape index (κ2) is 8.27. The number of aliphatic imine (C=N–C) groups is 1. The molecule has 0 N–H and O–H groups in total. The molecule has 4 nitrogen and oxygen atoms in total. The Kier molecular flexibility index (Phi) is 6.33. The molecule has 0 saturated carbocycles. The summed E-state index contributed by atoms with van der Waals surface area (Å²) in [6, 6.07) is 6.11. The van der Waals surface area contributed by atoms with Gasteiger partial charge in [-0.3, -0.25) is 9.98 Å². The van der Waals surface area contributed by atoms with Gasteiger partial charge in [-0.1, -0.05) is 17.8 Å². The van der Waals surface area contributed by atoms with Crippen molar-refractivity contribution in [3.8, 4) is 0 Å². The molecule has 0 bridgehead atoms. The summed E-state index contributed by atoms with van der Waals surface area (Å²) in [5.74, 6) is 1.19. The minimum Gasteiger partial charge on any atom is -0.346 e.